The van der Waals surface area contributed by atoms with Crippen LogP contribution in [0.15, 0.2) is 71.1 Å². The van der Waals surface area contributed by atoms with Gasteiger partial charge in [-0.05, 0) is 36.5 Å². The number of amides is 1. The molecule has 2 aromatic carbocycles. The van der Waals surface area contributed by atoms with E-state index in [0.717, 1.165) is 16.2 Å². The Morgan fingerprint density at radius 2 is 1.97 bits per heavy atom. The quantitative estimate of drug-likeness (QED) is 0.390. The van der Waals surface area contributed by atoms with Crippen LogP contribution in [0, 0.1) is 4.77 Å². The molecule has 1 amide bonds. The first-order valence-corrected chi connectivity index (χ1v) is 10.9. The van der Waals surface area contributed by atoms with Crippen LogP contribution in [0.4, 0.5) is 5.69 Å². The highest BCUT2D eigenvalue weighted by molar-refractivity contribution is 7.71. The Kier molecular flexibility index (Phi) is 4.97. The van der Waals surface area contributed by atoms with Crippen molar-refractivity contribution in [3.63, 3.8) is 0 Å². The summed E-state index contributed by atoms with van der Waals surface area (Å²) in [4.78, 5) is 33.7. The lowest BCUT2D eigenvalue weighted by Gasteiger charge is -2.09. The molecule has 0 aliphatic carbocycles. The maximum absolute atomic E-state index is 12.7. The summed E-state index contributed by atoms with van der Waals surface area (Å²) >= 11 is 6.88. The number of nitrogens with zero attached hydrogens (tertiary/aromatic N) is 3. The first-order valence-electron chi connectivity index (χ1n) is 9.63. The van der Waals surface area contributed by atoms with Gasteiger partial charge in [0.05, 0.1) is 16.6 Å². The van der Waals surface area contributed by atoms with Crippen molar-refractivity contribution in [2.45, 2.75) is 13.0 Å². The van der Waals surface area contributed by atoms with E-state index in [9.17, 15) is 9.59 Å². The van der Waals surface area contributed by atoms with Crippen molar-refractivity contribution < 1.29 is 4.79 Å². The molecule has 154 valence electrons. The van der Waals surface area contributed by atoms with E-state index in [1.54, 1.807) is 29.5 Å². The van der Waals surface area contributed by atoms with E-state index in [4.69, 9.17) is 12.2 Å². The number of para-hydroxylation sites is 1. The fourth-order valence-electron chi connectivity index (χ4n) is 3.43. The van der Waals surface area contributed by atoms with E-state index >= 15 is 0 Å². The Morgan fingerprint density at radius 1 is 1.16 bits per heavy atom. The molecule has 2 N–H and O–H groups in total. The van der Waals surface area contributed by atoms with E-state index in [-0.39, 0.29) is 24.4 Å². The molecule has 0 bridgehead atoms. The lowest BCUT2D eigenvalue weighted by Crippen LogP contribution is -2.25. The molecule has 0 spiro atoms. The predicted octanol–water partition coefficient (Wildman–Crippen LogP) is 4.46. The molecule has 9 heteroatoms. The van der Waals surface area contributed by atoms with Gasteiger partial charge in [0.2, 0.25) is 5.91 Å². The molecular formula is C22H17N5O2S2. The summed E-state index contributed by atoms with van der Waals surface area (Å²) in [7, 11) is 0. The Morgan fingerprint density at radius 3 is 2.77 bits per heavy atom. The smallest absolute Gasteiger partial charge is 0.262 e. The first-order chi connectivity index (χ1) is 15.1. The third-order valence-electron chi connectivity index (χ3n) is 5.01. The summed E-state index contributed by atoms with van der Waals surface area (Å²) in [5, 5.41) is 5.40. The van der Waals surface area contributed by atoms with Gasteiger partial charge in [-0.3, -0.25) is 18.6 Å². The van der Waals surface area contributed by atoms with Crippen molar-refractivity contribution in [2.24, 2.45) is 0 Å². The van der Waals surface area contributed by atoms with Gasteiger partial charge in [-0.15, -0.1) is 11.3 Å². The molecule has 5 aromatic rings. The monoisotopic (exact) mass is 447 g/mol. The highest BCUT2D eigenvalue weighted by Gasteiger charge is 2.09. The number of carbonyl (C=O) groups excluding carboxylic acids is 1. The lowest BCUT2D eigenvalue weighted by atomic mass is 10.1. The molecule has 0 radical (unpaired) electrons. The van der Waals surface area contributed by atoms with Crippen molar-refractivity contribution in [3.8, 4) is 11.3 Å². The van der Waals surface area contributed by atoms with Gasteiger partial charge >= 0.3 is 0 Å². The van der Waals surface area contributed by atoms with Crippen LogP contribution in [-0.4, -0.2) is 24.8 Å². The maximum Gasteiger partial charge on any atom is 0.262 e. The molecule has 0 aliphatic rings. The minimum absolute atomic E-state index is 0.134. The SMILES string of the molecule is O=C(CCn1c(=S)[nH]c2ccccc2c1=O)Nc1ccc(-c2cn3ccsc3n2)cc1. The van der Waals surface area contributed by atoms with Gasteiger partial charge in [0, 0.05) is 42.0 Å². The minimum Gasteiger partial charge on any atom is -0.332 e. The van der Waals surface area contributed by atoms with Gasteiger partial charge in [0.25, 0.3) is 5.56 Å². The van der Waals surface area contributed by atoms with E-state index in [0.29, 0.717) is 21.4 Å². The second kappa shape index (κ2) is 7.93. The molecule has 3 heterocycles. The summed E-state index contributed by atoms with van der Waals surface area (Å²) in [6.45, 7) is 0.203. The number of aromatic nitrogens is 4. The fraction of sp³-hybridized carbons (Fsp3) is 0.0909. The first kappa shape index (κ1) is 19.4. The molecule has 0 atom stereocenters. The zero-order valence-corrected chi connectivity index (χ0v) is 17.9. The number of imidazole rings is 1. The van der Waals surface area contributed by atoms with Crippen LogP contribution in [0.3, 0.4) is 0 Å². The molecule has 7 nitrogen and oxygen atoms in total. The van der Waals surface area contributed by atoms with Gasteiger partial charge in [-0.1, -0.05) is 24.3 Å². The van der Waals surface area contributed by atoms with E-state index in [1.807, 2.05) is 52.5 Å². The molecule has 0 unspecified atom stereocenters. The molecule has 0 aliphatic heterocycles. The van der Waals surface area contributed by atoms with Crippen LogP contribution in [0.2, 0.25) is 0 Å². The lowest BCUT2D eigenvalue weighted by molar-refractivity contribution is -0.116. The highest BCUT2D eigenvalue weighted by Crippen LogP contribution is 2.23. The number of H-pyrrole nitrogens is 1. The van der Waals surface area contributed by atoms with Crippen molar-refractivity contribution in [1.29, 1.82) is 0 Å². The summed E-state index contributed by atoms with van der Waals surface area (Å²) in [6, 6.07) is 14.7. The molecule has 0 saturated heterocycles. The average molecular weight is 448 g/mol. The Hall–Kier alpha value is -3.56. The standard InChI is InChI=1S/C22H17N5O2S2/c28-19(9-10-27-20(29)16-3-1-2-4-17(16)24-21(27)30)23-15-7-5-14(6-8-15)18-13-26-11-12-31-22(26)25-18/h1-8,11-13H,9-10H2,(H,23,28)(H,24,30). The zero-order chi connectivity index (χ0) is 21.4. The summed E-state index contributed by atoms with van der Waals surface area (Å²) in [5.41, 5.74) is 3.04. The van der Waals surface area contributed by atoms with Gasteiger partial charge in [-0.2, -0.15) is 0 Å². The Balaban J connectivity index is 1.27. The fourth-order valence-corrected chi connectivity index (χ4v) is 4.41. The number of fused-ring (bicyclic) bond motifs is 2. The van der Waals surface area contributed by atoms with Gasteiger partial charge < -0.3 is 10.3 Å². The van der Waals surface area contributed by atoms with Crippen LogP contribution < -0.4 is 10.9 Å². The number of benzene rings is 2. The number of nitrogens with one attached hydrogen (secondary N) is 2. The zero-order valence-electron chi connectivity index (χ0n) is 16.2. The van der Waals surface area contributed by atoms with Crippen LogP contribution in [0.1, 0.15) is 6.42 Å². The number of aromatic amines is 1. The predicted molar refractivity (Wildman–Crippen MR) is 125 cm³/mol. The second-order valence-electron chi connectivity index (χ2n) is 7.03. The molecular weight excluding hydrogens is 430 g/mol. The Bertz CT molecular complexity index is 1500. The van der Waals surface area contributed by atoms with E-state index in [1.165, 1.54) is 4.57 Å². The summed E-state index contributed by atoms with van der Waals surface area (Å²) in [5.74, 6) is -0.190. The second-order valence-corrected chi connectivity index (χ2v) is 8.29. The van der Waals surface area contributed by atoms with Crippen molar-refractivity contribution in [3.05, 3.63) is 81.4 Å². The van der Waals surface area contributed by atoms with Gasteiger partial charge in [0.1, 0.15) is 0 Å². The number of rotatable bonds is 5. The third kappa shape index (κ3) is 3.80. The topological polar surface area (TPSA) is 84.2 Å². The van der Waals surface area contributed by atoms with Crippen molar-refractivity contribution in [1.82, 2.24) is 18.9 Å². The number of thiazole rings is 1. The molecule has 0 saturated carbocycles. The molecule has 5 rings (SSSR count). The van der Waals surface area contributed by atoms with E-state index < -0.39 is 0 Å². The van der Waals surface area contributed by atoms with E-state index in [2.05, 4.69) is 15.3 Å². The number of carbonyl (C=O) groups is 1. The number of anilines is 1. The molecule has 0 fully saturated rings. The van der Waals surface area contributed by atoms with Crippen LogP contribution >= 0.6 is 23.6 Å². The molecule has 3 aromatic heterocycles. The third-order valence-corrected chi connectivity index (χ3v) is 6.10. The minimum atomic E-state index is -0.198. The van der Waals surface area contributed by atoms with Crippen LogP contribution in [-0.2, 0) is 11.3 Å². The van der Waals surface area contributed by atoms with Crippen LogP contribution in [0.25, 0.3) is 27.1 Å². The average Bonchev–Trinajstić information content (AvgIpc) is 3.37. The number of hydrogen-bond acceptors (Lipinski definition) is 5. The normalized spacial score (nSPS) is 11.2. The highest BCUT2D eigenvalue weighted by atomic mass is 32.1. The van der Waals surface area contributed by atoms with Crippen LogP contribution in [0.5, 0.6) is 0 Å². The largest absolute Gasteiger partial charge is 0.332 e. The van der Waals surface area contributed by atoms with Crippen molar-refractivity contribution in [2.75, 3.05) is 5.32 Å². The maximum atomic E-state index is 12.7. The summed E-state index contributed by atoms with van der Waals surface area (Å²) in [6.07, 6.45) is 4.08. The molecule has 31 heavy (non-hydrogen) atoms. The number of hydrogen-bond donors (Lipinski definition) is 2. The van der Waals surface area contributed by atoms with Gasteiger partial charge in [0.15, 0.2) is 9.73 Å². The summed E-state index contributed by atoms with van der Waals surface area (Å²) < 4.78 is 3.71. The Labute approximate surface area is 185 Å². The van der Waals surface area contributed by atoms with Gasteiger partial charge in [-0.25, -0.2) is 4.98 Å². The van der Waals surface area contributed by atoms with Crippen molar-refractivity contribution >= 4 is 51.0 Å².